The molecule has 1 amide bonds. The normalized spacial score (nSPS) is 16.8. The van der Waals surface area contributed by atoms with Crippen molar-refractivity contribution in [1.82, 2.24) is 9.62 Å². The van der Waals surface area contributed by atoms with Gasteiger partial charge in [-0.3, -0.25) is 4.79 Å². The van der Waals surface area contributed by atoms with Crippen LogP contribution in [0.5, 0.6) is 0 Å². The van der Waals surface area contributed by atoms with Gasteiger partial charge in [0, 0.05) is 12.6 Å². The van der Waals surface area contributed by atoms with E-state index in [1.54, 1.807) is 30.3 Å². The van der Waals surface area contributed by atoms with E-state index in [0.29, 0.717) is 6.54 Å². The van der Waals surface area contributed by atoms with Crippen LogP contribution in [0.15, 0.2) is 35.2 Å². The number of hydrogen-bond donors (Lipinski definition) is 1. The Morgan fingerprint density at radius 3 is 2.28 bits per heavy atom. The minimum absolute atomic E-state index is 0.0381. The topological polar surface area (TPSA) is 66.5 Å². The van der Waals surface area contributed by atoms with E-state index in [0.717, 1.165) is 32.1 Å². The summed E-state index contributed by atoms with van der Waals surface area (Å²) in [5.41, 5.74) is -0.0381. The van der Waals surface area contributed by atoms with Crippen LogP contribution < -0.4 is 5.32 Å². The van der Waals surface area contributed by atoms with Gasteiger partial charge in [-0.25, -0.2) is 8.42 Å². The second-order valence-corrected chi connectivity index (χ2v) is 9.88. The third-order valence-electron chi connectivity index (χ3n) is 4.45. The SMILES string of the molecule is CC(C)(C)CNC(=O)CN(C1CCCCC1)S(=O)(=O)c1ccccc1. The van der Waals surface area contributed by atoms with Crippen molar-refractivity contribution in [2.75, 3.05) is 13.1 Å². The summed E-state index contributed by atoms with van der Waals surface area (Å²) in [6.07, 6.45) is 4.79. The second-order valence-electron chi connectivity index (χ2n) is 7.99. The van der Waals surface area contributed by atoms with Crippen molar-refractivity contribution in [2.24, 2.45) is 5.41 Å². The fourth-order valence-electron chi connectivity index (χ4n) is 3.07. The maximum absolute atomic E-state index is 13.1. The van der Waals surface area contributed by atoms with Gasteiger partial charge < -0.3 is 5.32 Å². The molecule has 0 aromatic heterocycles. The van der Waals surface area contributed by atoms with Crippen LogP contribution in [0.1, 0.15) is 52.9 Å². The summed E-state index contributed by atoms with van der Waals surface area (Å²) in [4.78, 5) is 12.7. The van der Waals surface area contributed by atoms with Gasteiger partial charge in [-0.15, -0.1) is 0 Å². The number of benzene rings is 1. The number of carbonyl (C=O) groups is 1. The van der Waals surface area contributed by atoms with Gasteiger partial charge in [0.05, 0.1) is 11.4 Å². The maximum atomic E-state index is 13.1. The number of nitrogens with one attached hydrogen (secondary N) is 1. The first kappa shape index (κ1) is 19.9. The van der Waals surface area contributed by atoms with E-state index >= 15 is 0 Å². The summed E-state index contributed by atoms with van der Waals surface area (Å²) in [5, 5.41) is 2.87. The van der Waals surface area contributed by atoms with Crippen LogP contribution in [0.25, 0.3) is 0 Å². The molecule has 5 nitrogen and oxygen atoms in total. The third-order valence-corrected chi connectivity index (χ3v) is 6.36. The smallest absolute Gasteiger partial charge is 0.243 e. The minimum Gasteiger partial charge on any atom is -0.354 e. The molecule has 0 atom stereocenters. The molecule has 0 spiro atoms. The Morgan fingerprint density at radius 2 is 1.72 bits per heavy atom. The molecule has 0 radical (unpaired) electrons. The van der Waals surface area contributed by atoms with Gasteiger partial charge in [-0.1, -0.05) is 58.2 Å². The van der Waals surface area contributed by atoms with Crippen LogP contribution in [-0.4, -0.2) is 37.8 Å². The largest absolute Gasteiger partial charge is 0.354 e. The minimum atomic E-state index is -3.68. The van der Waals surface area contributed by atoms with Gasteiger partial charge in [0.25, 0.3) is 0 Å². The molecule has 1 aliphatic carbocycles. The lowest BCUT2D eigenvalue weighted by Crippen LogP contribution is -2.48. The van der Waals surface area contributed by atoms with Crippen LogP contribution in [0.4, 0.5) is 0 Å². The molecule has 1 aliphatic rings. The molecule has 1 fully saturated rings. The van der Waals surface area contributed by atoms with E-state index in [4.69, 9.17) is 0 Å². The van der Waals surface area contributed by atoms with Crippen LogP contribution in [-0.2, 0) is 14.8 Å². The summed E-state index contributed by atoms with van der Waals surface area (Å²) in [5.74, 6) is -0.236. The van der Waals surface area contributed by atoms with E-state index in [2.05, 4.69) is 5.32 Å². The first-order valence-electron chi connectivity index (χ1n) is 9.04. The maximum Gasteiger partial charge on any atom is 0.243 e. The first-order chi connectivity index (χ1) is 11.7. The predicted molar refractivity (Wildman–Crippen MR) is 99.7 cm³/mol. The average Bonchev–Trinajstić information content (AvgIpc) is 2.58. The molecule has 1 aromatic carbocycles. The Morgan fingerprint density at radius 1 is 1.12 bits per heavy atom. The molecule has 2 rings (SSSR count). The zero-order valence-electron chi connectivity index (χ0n) is 15.5. The summed E-state index contributed by atoms with van der Waals surface area (Å²) in [6, 6.07) is 8.31. The van der Waals surface area contributed by atoms with Crippen molar-refractivity contribution < 1.29 is 13.2 Å². The van der Waals surface area contributed by atoms with Gasteiger partial charge in [-0.2, -0.15) is 4.31 Å². The van der Waals surface area contributed by atoms with E-state index in [1.165, 1.54) is 4.31 Å². The molecule has 0 saturated heterocycles. The monoisotopic (exact) mass is 366 g/mol. The first-order valence-corrected chi connectivity index (χ1v) is 10.5. The molecule has 1 N–H and O–H groups in total. The number of nitrogens with zero attached hydrogens (tertiary/aromatic N) is 1. The fraction of sp³-hybridized carbons (Fsp3) is 0.632. The molecule has 6 heteroatoms. The Bertz CT molecular complexity index is 660. The lowest BCUT2D eigenvalue weighted by molar-refractivity contribution is -0.122. The molecule has 0 bridgehead atoms. The molecule has 25 heavy (non-hydrogen) atoms. The summed E-state index contributed by atoms with van der Waals surface area (Å²) in [7, 11) is -3.68. The Hall–Kier alpha value is -1.40. The fourth-order valence-corrected chi connectivity index (χ4v) is 4.73. The quantitative estimate of drug-likeness (QED) is 0.841. The summed E-state index contributed by atoms with van der Waals surface area (Å²) in [6.45, 7) is 6.51. The zero-order chi connectivity index (χ0) is 18.5. The van der Waals surface area contributed by atoms with Crippen molar-refractivity contribution >= 4 is 15.9 Å². The molecular formula is C19H30N2O3S. The summed E-state index contributed by atoms with van der Waals surface area (Å²) < 4.78 is 27.6. The number of sulfonamides is 1. The van der Waals surface area contributed by atoms with E-state index in [-0.39, 0.29) is 28.8 Å². The van der Waals surface area contributed by atoms with Gasteiger partial charge in [0.1, 0.15) is 0 Å². The van der Waals surface area contributed by atoms with E-state index in [9.17, 15) is 13.2 Å². The van der Waals surface area contributed by atoms with Crippen molar-refractivity contribution in [3.8, 4) is 0 Å². The van der Waals surface area contributed by atoms with Crippen LogP contribution in [0.2, 0.25) is 0 Å². The average molecular weight is 367 g/mol. The molecule has 0 heterocycles. The number of amides is 1. The highest BCUT2D eigenvalue weighted by Gasteiger charge is 2.33. The van der Waals surface area contributed by atoms with E-state index < -0.39 is 10.0 Å². The Kier molecular flexibility index (Phi) is 6.63. The lowest BCUT2D eigenvalue weighted by atomic mass is 9.95. The zero-order valence-corrected chi connectivity index (χ0v) is 16.3. The Balaban J connectivity index is 2.20. The van der Waals surface area contributed by atoms with Crippen molar-refractivity contribution in [2.45, 2.75) is 63.8 Å². The highest BCUT2D eigenvalue weighted by Crippen LogP contribution is 2.27. The van der Waals surface area contributed by atoms with Crippen molar-refractivity contribution in [3.63, 3.8) is 0 Å². The van der Waals surface area contributed by atoms with Gasteiger partial charge in [-0.05, 0) is 30.4 Å². The molecule has 1 saturated carbocycles. The van der Waals surface area contributed by atoms with Gasteiger partial charge >= 0.3 is 0 Å². The van der Waals surface area contributed by atoms with Crippen LogP contribution in [0.3, 0.4) is 0 Å². The van der Waals surface area contributed by atoms with Crippen molar-refractivity contribution in [3.05, 3.63) is 30.3 Å². The molecule has 0 unspecified atom stereocenters. The molecule has 1 aromatic rings. The number of carbonyl (C=O) groups excluding carboxylic acids is 1. The van der Waals surface area contributed by atoms with Crippen molar-refractivity contribution in [1.29, 1.82) is 0 Å². The molecule has 140 valence electrons. The van der Waals surface area contributed by atoms with Gasteiger partial charge in [0.2, 0.25) is 15.9 Å². The molecule has 0 aliphatic heterocycles. The van der Waals surface area contributed by atoms with Crippen LogP contribution in [0, 0.1) is 5.41 Å². The van der Waals surface area contributed by atoms with E-state index in [1.807, 2.05) is 20.8 Å². The third kappa shape index (κ3) is 5.82. The number of rotatable bonds is 6. The second kappa shape index (κ2) is 8.32. The number of hydrogen-bond acceptors (Lipinski definition) is 3. The standard InChI is InChI=1S/C19H30N2O3S/c1-19(2,3)15-20-18(22)14-21(16-10-6-4-7-11-16)25(23,24)17-12-8-5-9-13-17/h5,8-9,12-13,16H,4,6-7,10-11,14-15H2,1-3H3,(H,20,22). The lowest BCUT2D eigenvalue weighted by Gasteiger charge is -2.33. The van der Waals surface area contributed by atoms with Crippen LogP contribution >= 0.6 is 0 Å². The molecular weight excluding hydrogens is 336 g/mol. The highest BCUT2D eigenvalue weighted by atomic mass is 32.2. The van der Waals surface area contributed by atoms with Gasteiger partial charge in [0.15, 0.2) is 0 Å². The highest BCUT2D eigenvalue weighted by molar-refractivity contribution is 7.89. The predicted octanol–water partition coefficient (Wildman–Crippen LogP) is 3.17. The Labute approximate surface area is 151 Å². The summed E-state index contributed by atoms with van der Waals surface area (Å²) >= 11 is 0.